The fourth-order valence-corrected chi connectivity index (χ4v) is 3.26. The Hall–Kier alpha value is -2.95. The van der Waals surface area contributed by atoms with Crippen LogP contribution in [0, 0.1) is 6.92 Å². The highest BCUT2D eigenvalue weighted by Gasteiger charge is 2.43. The van der Waals surface area contributed by atoms with Crippen molar-refractivity contribution >= 4 is 5.91 Å². The third kappa shape index (κ3) is 3.18. The number of amides is 1. The first-order valence-electron chi connectivity index (χ1n) is 8.48. The molecule has 1 heterocycles. The van der Waals surface area contributed by atoms with Crippen LogP contribution in [0.3, 0.4) is 0 Å². The molecule has 5 nitrogen and oxygen atoms in total. The van der Waals surface area contributed by atoms with E-state index < -0.39 is 5.91 Å². The number of primary amides is 1. The lowest BCUT2D eigenvalue weighted by molar-refractivity contribution is -0.117. The van der Waals surface area contributed by atoms with Crippen molar-refractivity contribution in [3.8, 4) is 5.69 Å². The van der Waals surface area contributed by atoms with E-state index in [1.807, 2.05) is 22.9 Å². The highest BCUT2D eigenvalue weighted by Crippen LogP contribution is 2.54. The van der Waals surface area contributed by atoms with Crippen LogP contribution >= 0.6 is 0 Å². The zero-order valence-corrected chi connectivity index (χ0v) is 14.1. The molecule has 0 saturated heterocycles. The summed E-state index contributed by atoms with van der Waals surface area (Å²) in [6, 6.07) is 18.6. The van der Waals surface area contributed by atoms with Gasteiger partial charge in [-0.2, -0.15) is 5.10 Å². The fourth-order valence-electron chi connectivity index (χ4n) is 3.26. The van der Waals surface area contributed by atoms with Crippen LogP contribution < -0.4 is 5.73 Å². The van der Waals surface area contributed by atoms with Gasteiger partial charge in [0.05, 0.1) is 12.1 Å². The minimum Gasteiger partial charge on any atom is -0.369 e. The number of hydrogen-bond acceptors (Lipinski definition) is 3. The van der Waals surface area contributed by atoms with Crippen molar-refractivity contribution in [2.75, 3.05) is 0 Å². The molecule has 1 aliphatic rings. The van der Waals surface area contributed by atoms with E-state index in [-0.39, 0.29) is 6.42 Å². The second-order valence-electron chi connectivity index (χ2n) is 6.64. The Morgan fingerprint density at radius 3 is 2.52 bits per heavy atom. The number of aryl methyl sites for hydroxylation is 1. The van der Waals surface area contributed by atoms with E-state index in [9.17, 15) is 4.79 Å². The molecule has 0 unspecified atom stereocenters. The minimum absolute atomic E-state index is 0.0641. The van der Waals surface area contributed by atoms with Gasteiger partial charge in [0.25, 0.3) is 0 Å². The summed E-state index contributed by atoms with van der Waals surface area (Å²) in [7, 11) is 0. The summed E-state index contributed by atoms with van der Waals surface area (Å²) in [4.78, 5) is 15.9. The smallest absolute Gasteiger partial charge is 0.225 e. The van der Waals surface area contributed by atoms with E-state index in [1.54, 1.807) is 0 Å². The molecule has 2 N–H and O–H groups in total. The van der Waals surface area contributed by atoms with Crippen LogP contribution in [-0.2, 0) is 11.2 Å². The quantitative estimate of drug-likeness (QED) is 0.781. The van der Waals surface area contributed by atoms with Gasteiger partial charge in [-0.05, 0) is 37.0 Å². The summed E-state index contributed by atoms with van der Waals surface area (Å²) < 4.78 is 1.87. The van der Waals surface area contributed by atoms with Crippen molar-refractivity contribution in [2.24, 2.45) is 5.73 Å². The lowest BCUT2D eigenvalue weighted by Crippen LogP contribution is -2.14. The molecule has 0 aliphatic heterocycles. The maximum absolute atomic E-state index is 11.3. The van der Waals surface area contributed by atoms with Gasteiger partial charge < -0.3 is 5.73 Å². The summed E-state index contributed by atoms with van der Waals surface area (Å²) in [5.74, 6) is 1.76. The number of hydrogen-bond donors (Lipinski definition) is 1. The largest absolute Gasteiger partial charge is 0.369 e. The fraction of sp³-hybridized carbons (Fsp3) is 0.250. The van der Waals surface area contributed by atoms with Crippen LogP contribution in [0.25, 0.3) is 5.69 Å². The first-order valence-corrected chi connectivity index (χ1v) is 8.48. The molecule has 0 spiro atoms. The maximum atomic E-state index is 11.3. The number of carbonyl (C=O) groups is 1. The van der Waals surface area contributed by atoms with Gasteiger partial charge in [0, 0.05) is 5.92 Å². The van der Waals surface area contributed by atoms with E-state index in [0.717, 1.165) is 17.9 Å². The summed E-state index contributed by atoms with van der Waals surface area (Å²) in [6.45, 7) is 2.05. The number of aromatic nitrogens is 3. The normalized spacial score (nSPS) is 18.9. The van der Waals surface area contributed by atoms with Crippen LogP contribution in [0.5, 0.6) is 0 Å². The number of rotatable bonds is 5. The van der Waals surface area contributed by atoms with E-state index >= 15 is 0 Å². The molecule has 5 heteroatoms. The molecule has 1 fully saturated rings. The lowest BCUT2D eigenvalue weighted by Gasteiger charge is -2.06. The first kappa shape index (κ1) is 15.6. The molecular weight excluding hydrogens is 312 g/mol. The van der Waals surface area contributed by atoms with Crippen LogP contribution in [0.2, 0.25) is 0 Å². The first-order chi connectivity index (χ1) is 12.1. The highest BCUT2D eigenvalue weighted by atomic mass is 16.1. The van der Waals surface area contributed by atoms with Crippen molar-refractivity contribution < 1.29 is 4.79 Å². The van der Waals surface area contributed by atoms with Gasteiger partial charge in [-0.3, -0.25) is 4.79 Å². The molecular formula is C20H20N4O. The Morgan fingerprint density at radius 1 is 1.12 bits per heavy atom. The summed E-state index contributed by atoms with van der Waals surface area (Å²) >= 11 is 0. The van der Waals surface area contributed by atoms with Crippen molar-refractivity contribution in [1.29, 1.82) is 0 Å². The minimum atomic E-state index is -0.414. The van der Waals surface area contributed by atoms with Gasteiger partial charge in [0.2, 0.25) is 5.91 Å². The average Bonchev–Trinajstić information content (AvgIpc) is 3.30. The number of carbonyl (C=O) groups excluding carboxylic acids is 1. The molecule has 3 aromatic rings. The van der Waals surface area contributed by atoms with Gasteiger partial charge in [-0.15, -0.1) is 0 Å². The van der Waals surface area contributed by atoms with E-state index in [1.165, 1.54) is 11.1 Å². The van der Waals surface area contributed by atoms with E-state index in [0.29, 0.717) is 17.7 Å². The summed E-state index contributed by atoms with van der Waals surface area (Å²) in [6.07, 6.45) is 1.11. The van der Waals surface area contributed by atoms with Gasteiger partial charge in [-0.25, -0.2) is 9.67 Å². The van der Waals surface area contributed by atoms with Crippen molar-refractivity contribution in [3.63, 3.8) is 0 Å². The average molecular weight is 332 g/mol. The Balaban J connectivity index is 1.70. The molecule has 1 aromatic heterocycles. The van der Waals surface area contributed by atoms with E-state index in [4.69, 9.17) is 5.73 Å². The van der Waals surface area contributed by atoms with Crippen LogP contribution in [-0.4, -0.2) is 20.7 Å². The SMILES string of the molecule is Cc1ccc(-n2nc(CC(N)=O)nc2[C@@H]2C[C@H]2c2ccccc2)cc1. The van der Waals surface area contributed by atoms with E-state index in [2.05, 4.69) is 53.4 Å². The molecule has 0 radical (unpaired) electrons. The highest BCUT2D eigenvalue weighted by molar-refractivity contribution is 5.75. The lowest BCUT2D eigenvalue weighted by atomic mass is 10.1. The summed E-state index contributed by atoms with van der Waals surface area (Å²) in [5, 5.41) is 4.54. The third-order valence-electron chi connectivity index (χ3n) is 4.64. The topological polar surface area (TPSA) is 73.8 Å². The second-order valence-corrected chi connectivity index (χ2v) is 6.64. The molecule has 1 aliphatic carbocycles. The predicted molar refractivity (Wildman–Crippen MR) is 95.5 cm³/mol. The number of benzene rings is 2. The predicted octanol–water partition coefficient (Wildman–Crippen LogP) is 2.87. The Labute approximate surface area is 146 Å². The van der Waals surface area contributed by atoms with Gasteiger partial charge in [0.1, 0.15) is 5.82 Å². The van der Waals surface area contributed by atoms with Crippen LogP contribution in [0.4, 0.5) is 0 Å². The molecule has 2 aromatic carbocycles. The molecule has 25 heavy (non-hydrogen) atoms. The monoisotopic (exact) mass is 332 g/mol. The molecule has 0 bridgehead atoms. The van der Waals surface area contributed by atoms with Crippen molar-refractivity contribution in [2.45, 2.75) is 31.6 Å². The molecule has 1 amide bonds. The molecule has 2 atom stereocenters. The Kier molecular flexibility index (Phi) is 3.84. The van der Waals surface area contributed by atoms with Crippen molar-refractivity contribution in [3.05, 3.63) is 77.4 Å². The zero-order chi connectivity index (χ0) is 17.4. The Bertz CT molecular complexity index is 899. The van der Waals surface area contributed by atoms with Gasteiger partial charge in [0.15, 0.2) is 5.82 Å². The second kappa shape index (κ2) is 6.16. The van der Waals surface area contributed by atoms with Gasteiger partial charge >= 0.3 is 0 Å². The summed E-state index contributed by atoms with van der Waals surface area (Å²) in [5.41, 5.74) is 8.80. The van der Waals surface area contributed by atoms with Crippen molar-refractivity contribution in [1.82, 2.24) is 14.8 Å². The molecule has 126 valence electrons. The maximum Gasteiger partial charge on any atom is 0.225 e. The van der Waals surface area contributed by atoms with Gasteiger partial charge in [-0.1, -0.05) is 48.0 Å². The molecule has 1 saturated carbocycles. The number of nitrogens with zero attached hydrogens (tertiary/aromatic N) is 3. The zero-order valence-electron chi connectivity index (χ0n) is 14.1. The molecule has 4 rings (SSSR count). The van der Waals surface area contributed by atoms with Crippen LogP contribution in [0.15, 0.2) is 54.6 Å². The standard InChI is InChI=1S/C20H20N4O/c1-13-7-9-15(10-8-13)24-20(22-19(23-24)12-18(21)25)17-11-16(17)14-5-3-2-4-6-14/h2-10,16-17H,11-12H2,1H3,(H2,21,25)/t16-,17+/m0/s1. The third-order valence-corrected chi connectivity index (χ3v) is 4.64. The Morgan fingerprint density at radius 2 is 1.84 bits per heavy atom. The van der Waals surface area contributed by atoms with Crippen LogP contribution in [0.1, 0.15) is 41.0 Å². The number of nitrogens with two attached hydrogens (primary N) is 1.